The van der Waals surface area contributed by atoms with Gasteiger partial charge in [-0.05, 0) is 65.9 Å². The van der Waals surface area contributed by atoms with E-state index in [4.69, 9.17) is 5.73 Å². The number of nitrogens with two attached hydrogens (primary N) is 1. The van der Waals surface area contributed by atoms with Gasteiger partial charge in [-0.2, -0.15) is 0 Å². The van der Waals surface area contributed by atoms with Crippen molar-refractivity contribution in [3.05, 3.63) is 33.8 Å². The van der Waals surface area contributed by atoms with Crippen LogP contribution in [-0.4, -0.2) is 30.4 Å². The van der Waals surface area contributed by atoms with Gasteiger partial charge < -0.3 is 10.6 Å². The Hall–Kier alpha value is -0.870. The third kappa shape index (κ3) is 2.93. The Kier molecular flexibility index (Phi) is 4.40. The molecule has 0 aromatic heterocycles. The second-order valence-corrected chi connectivity index (χ2v) is 5.83. The minimum atomic E-state index is 0.111. The van der Waals surface area contributed by atoms with Crippen molar-refractivity contribution < 1.29 is 4.79 Å². The average Bonchev–Trinajstić information content (AvgIpc) is 2.38. The Bertz CT molecular complexity index is 447. The molecule has 0 spiro atoms. The number of benzene rings is 1. The lowest BCUT2D eigenvalue weighted by Gasteiger charge is -2.32. The van der Waals surface area contributed by atoms with Crippen molar-refractivity contribution in [2.24, 2.45) is 11.7 Å². The number of hydrogen-bond acceptors (Lipinski definition) is 2. The highest BCUT2D eigenvalue weighted by Crippen LogP contribution is 2.23. The third-order valence-electron chi connectivity index (χ3n) is 3.49. The van der Waals surface area contributed by atoms with Gasteiger partial charge in [0.25, 0.3) is 5.91 Å². The van der Waals surface area contributed by atoms with Crippen LogP contribution in [0.5, 0.6) is 0 Å². The highest BCUT2D eigenvalue weighted by Gasteiger charge is 2.24. The Morgan fingerprint density at radius 3 is 3.00 bits per heavy atom. The average molecular weight is 311 g/mol. The first-order valence-electron chi connectivity index (χ1n) is 6.37. The van der Waals surface area contributed by atoms with E-state index in [2.05, 4.69) is 15.9 Å². The molecule has 1 atom stereocenters. The highest BCUT2D eigenvalue weighted by atomic mass is 79.9. The van der Waals surface area contributed by atoms with Crippen molar-refractivity contribution in [2.45, 2.75) is 19.8 Å². The molecular weight excluding hydrogens is 292 g/mol. The smallest absolute Gasteiger partial charge is 0.255 e. The molecule has 1 saturated heterocycles. The second-order valence-electron chi connectivity index (χ2n) is 4.98. The number of likely N-dealkylation sites (tertiary alicyclic amines) is 1. The minimum absolute atomic E-state index is 0.111. The molecule has 18 heavy (non-hydrogen) atoms. The largest absolute Gasteiger partial charge is 0.338 e. The van der Waals surface area contributed by atoms with Crippen LogP contribution in [0.25, 0.3) is 0 Å². The molecule has 1 fully saturated rings. The van der Waals surface area contributed by atoms with E-state index in [1.807, 2.05) is 30.0 Å². The number of hydrogen-bond donors (Lipinski definition) is 1. The van der Waals surface area contributed by atoms with Crippen LogP contribution in [0.4, 0.5) is 0 Å². The maximum Gasteiger partial charge on any atom is 0.255 e. The van der Waals surface area contributed by atoms with E-state index in [1.165, 1.54) is 0 Å². The molecule has 0 aliphatic carbocycles. The molecule has 1 amide bonds. The zero-order valence-corrected chi connectivity index (χ0v) is 12.2. The molecule has 2 rings (SSSR count). The Morgan fingerprint density at radius 2 is 2.33 bits per heavy atom. The van der Waals surface area contributed by atoms with E-state index in [9.17, 15) is 4.79 Å². The number of amides is 1. The maximum atomic E-state index is 12.4. The van der Waals surface area contributed by atoms with E-state index in [0.29, 0.717) is 12.5 Å². The van der Waals surface area contributed by atoms with Crippen LogP contribution in [0.3, 0.4) is 0 Å². The van der Waals surface area contributed by atoms with Crippen LogP contribution in [0, 0.1) is 12.8 Å². The van der Waals surface area contributed by atoms with Crippen molar-refractivity contribution in [1.82, 2.24) is 4.90 Å². The molecule has 0 saturated carbocycles. The van der Waals surface area contributed by atoms with Crippen LogP contribution in [0.1, 0.15) is 28.8 Å². The standard InChI is InChI=1S/C14H19BrN2O/c1-10-4-5-12(13(15)7-10)14(18)17-6-2-3-11(8-16)9-17/h4-5,7,11H,2-3,6,8-9,16H2,1H3. The molecule has 1 aromatic rings. The molecule has 1 aromatic carbocycles. The fraction of sp³-hybridized carbons (Fsp3) is 0.500. The zero-order valence-electron chi connectivity index (χ0n) is 10.7. The van der Waals surface area contributed by atoms with Gasteiger partial charge in [-0.3, -0.25) is 4.79 Å². The Balaban J connectivity index is 2.15. The molecular formula is C14H19BrN2O. The topological polar surface area (TPSA) is 46.3 Å². The van der Waals surface area contributed by atoms with Gasteiger partial charge in [-0.15, -0.1) is 0 Å². The molecule has 2 N–H and O–H groups in total. The Morgan fingerprint density at radius 1 is 1.56 bits per heavy atom. The van der Waals surface area contributed by atoms with Gasteiger partial charge in [-0.1, -0.05) is 6.07 Å². The van der Waals surface area contributed by atoms with Gasteiger partial charge in [0.15, 0.2) is 0 Å². The maximum absolute atomic E-state index is 12.4. The summed E-state index contributed by atoms with van der Waals surface area (Å²) in [4.78, 5) is 14.4. The SMILES string of the molecule is Cc1ccc(C(=O)N2CCCC(CN)C2)c(Br)c1. The van der Waals surface area contributed by atoms with Gasteiger partial charge in [-0.25, -0.2) is 0 Å². The normalized spacial score (nSPS) is 19.9. The van der Waals surface area contributed by atoms with Crippen molar-refractivity contribution in [2.75, 3.05) is 19.6 Å². The number of carbonyl (C=O) groups is 1. The zero-order chi connectivity index (χ0) is 13.1. The van der Waals surface area contributed by atoms with Crippen LogP contribution >= 0.6 is 15.9 Å². The number of aryl methyl sites for hydroxylation is 1. The summed E-state index contributed by atoms with van der Waals surface area (Å²) in [6, 6.07) is 5.85. The fourth-order valence-corrected chi connectivity index (χ4v) is 3.07. The fourth-order valence-electron chi connectivity index (χ4n) is 2.41. The van der Waals surface area contributed by atoms with Crippen molar-refractivity contribution in [3.8, 4) is 0 Å². The number of nitrogens with zero attached hydrogens (tertiary/aromatic N) is 1. The molecule has 0 radical (unpaired) electrons. The minimum Gasteiger partial charge on any atom is -0.338 e. The van der Waals surface area contributed by atoms with Crippen LogP contribution in [-0.2, 0) is 0 Å². The van der Waals surface area contributed by atoms with Crippen molar-refractivity contribution >= 4 is 21.8 Å². The first kappa shape index (κ1) is 13.6. The second kappa shape index (κ2) is 5.85. The van der Waals surface area contributed by atoms with Gasteiger partial charge in [0.05, 0.1) is 5.56 Å². The highest BCUT2D eigenvalue weighted by molar-refractivity contribution is 9.10. The number of rotatable bonds is 2. The molecule has 0 bridgehead atoms. The molecule has 1 unspecified atom stereocenters. The molecule has 3 nitrogen and oxygen atoms in total. The summed E-state index contributed by atoms with van der Waals surface area (Å²) < 4.78 is 0.877. The Labute approximate surface area is 116 Å². The van der Waals surface area contributed by atoms with Gasteiger partial charge in [0, 0.05) is 17.6 Å². The van der Waals surface area contributed by atoms with Crippen LogP contribution < -0.4 is 5.73 Å². The first-order valence-corrected chi connectivity index (χ1v) is 7.16. The molecule has 1 aliphatic rings. The van der Waals surface area contributed by atoms with E-state index >= 15 is 0 Å². The summed E-state index contributed by atoms with van der Waals surface area (Å²) in [5.74, 6) is 0.562. The van der Waals surface area contributed by atoms with Gasteiger partial charge >= 0.3 is 0 Å². The lowest BCUT2D eigenvalue weighted by molar-refractivity contribution is 0.0677. The number of carbonyl (C=O) groups excluding carboxylic acids is 1. The summed E-state index contributed by atoms with van der Waals surface area (Å²) >= 11 is 3.47. The third-order valence-corrected chi connectivity index (χ3v) is 4.15. The lowest BCUT2D eigenvalue weighted by atomic mass is 9.97. The molecule has 1 aliphatic heterocycles. The summed E-state index contributed by atoms with van der Waals surface area (Å²) in [5, 5.41) is 0. The van der Waals surface area contributed by atoms with E-state index in [0.717, 1.165) is 41.5 Å². The summed E-state index contributed by atoms with van der Waals surface area (Å²) in [5.41, 5.74) is 7.61. The van der Waals surface area contributed by atoms with E-state index in [1.54, 1.807) is 0 Å². The van der Waals surface area contributed by atoms with E-state index < -0.39 is 0 Å². The summed E-state index contributed by atoms with van der Waals surface area (Å²) in [6.45, 7) is 4.31. The van der Waals surface area contributed by atoms with Crippen LogP contribution in [0.15, 0.2) is 22.7 Å². The lowest BCUT2D eigenvalue weighted by Crippen LogP contribution is -2.42. The van der Waals surface area contributed by atoms with Gasteiger partial charge in [0.1, 0.15) is 0 Å². The van der Waals surface area contributed by atoms with Crippen molar-refractivity contribution in [1.29, 1.82) is 0 Å². The first-order chi connectivity index (χ1) is 8.61. The van der Waals surface area contributed by atoms with E-state index in [-0.39, 0.29) is 5.91 Å². The quantitative estimate of drug-likeness (QED) is 0.912. The number of halogens is 1. The molecule has 4 heteroatoms. The summed E-state index contributed by atoms with van der Waals surface area (Å²) in [7, 11) is 0. The number of piperidine rings is 1. The predicted molar refractivity (Wildman–Crippen MR) is 76.6 cm³/mol. The molecule has 1 heterocycles. The predicted octanol–water partition coefficient (Wildman–Crippen LogP) is 2.57. The summed E-state index contributed by atoms with van der Waals surface area (Å²) in [6.07, 6.45) is 2.19. The molecule has 98 valence electrons. The van der Waals surface area contributed by atoms with Gasteiger partial charge in [0.2, 0.25) is 0 Å². The van der Waals surface area contributed by atoms with Crippen molar-refractivity contribution in [3.63, 3.8) is 0 Å². The monoisotopic (exact) mass is 310 g/mol. The van der Waals surface area contributed by atoms with Crippen LogP contribution in [0.2, 0.25) is 0 Å².